The molecule has 1 atom stereocenters. The first-order valence-corrected chi connectivity index (χ1v) is 6.09. The summed E-state index contributed by atoms with van der Waals surface area (Å²) in [6.45, 7) is 2.47. The van der Waals surface area contributed by atoms with Crippen LogP contribution in [0.5, 0.6) is 0 Å². The first kappa shape index (κ1) is 13.6. The maximum Gasteiger partial charge on any atom is 0.243 e. The normalized spacial score (nSPS) is 12.6. The zero-order valence-electron chi connectivity index (χ0n) is 11.0. The van der Waals surface area contributed by atoms with Gasteiger partial charge in [0, 0.05) is 19.9 Å². The van der Waals surface area contributed by atoms with Crippen LogP contribution in [0.3, 0.4) is 0 Å². The van der Waals surface area contributed by atoms with E-state index >= 15 is 0 Å². The summed E-state index contributed by atoms with van der Waals surface area (Å²) >= 11 is 0. The number of hydrogen-bond donors (Lipinski definition) is 1. The Morgan fingerprint density at radius 2 is 2.26 bits per heavy atom. The summed E-state index contributed by atoms with van der Waals surface area (Å²) in [4.78, 5) is 12.5. The van der Waals surface area contributed by atoms with Gasteiger partial charge in [0.1, 0.15) is 11.5 Å². The summed E-state index contributed by atoms with van der Waals surface area (Å²) in [5.41, 5.74) is 6.60. The molecule has 1 unspecified atom stereocenters. The lowest BCUT2D eigenvalue weighted by atomic mass is 10.2. The van der Waals surface area contributed by atoms with E-state index in [0.29, 0.717) is 29.8 Å². The third-order valence-electron chi connectivity index (χ3n) is 2.63. The lowest BCUT2D eigenvalue weighted by Gasteiger charge is -2.04. The summed E-state index contributed by atoms with van der Waals surface area (Å²) in [5.74, 6) is 1.51. The first-order chi connectivity index (χ1) is 9.20. The quantitative estimate of drug-likeness (QED) is 0.783. The molecule has 0 aliphatic heterocycles. The van der Waals surface area contributed by atoms with Crippen molar-refractivity contribution >= 4 is 0 Å². The van der Waals surface area contributed by atoms with E-state index in [1.165, 1.54) is 0 Å². The highest BCUT2D eigenvalue weighted by Gasteiger charge is 2.16. The number of nitrogens with zero attached hydrogens (tertiary/aromatic N) is 4. The smallest absolute Gasteiger partial charge is 0.243 e. The van der Waals surface area contributed by atoms with Crippen molar-refractivity contribution < 1.29 is 9.26 Å². The van der Waals surface area contributed by atoms with E-state index in [0.717, 1.165) is 12.8 Å². The van der Waals surface area contributed by atoms with Gasteiger partial charge in [0.25, 0.3) is 0 Å². The van der Waals surface area contributed by atoms with Crippen molar-refractivity contribution in [2.45, 2.75) is 25.8 Å². The van der Waals surface area contributed by atoms with Crippen molar-refractivity contribution in [1.82, 2.24) is 20.1 Å². The van der Waals surface area contributed by atoms with E-state index in [1.807, 2.05) is 0 Å². The van der Waals surface area contributed by atoms with Crippen molar-refractivity contribution in [2.24, 2.45) is 5.73 Å². The van der Waals surface area contributed by atoms with Gasteiger partial charge in [0.05, 0.1) is 6.04 Å². The van der Waals surface area contributed by atoms with Crippen molar-refractivity contribution in [3.63, 3.8) is 0 Å². The summed E-state index contributed by atoms with van der Waals surface area (Å²) in [7, 11) is 1.66. The van der Waals surface area contributed by atoms with E-state index in [1.54, 1.807) is 26.3 Å². The van der Waals surface area contributed by atoms with Gasteiger partial charge in [-0.15, -0.1) is 0 Å². The van der Waals surface area contributed by atoms with Gasteiger partial charge >= 0.3 is 0 Å². The molecule has 0 fully saturated rings. The van der Waals surface area contributed by atoms with Gasteiger partial charge in [-0.3, -0.25) is 0 Å². The number of methoxy groups -OCH3 is 1. The predicted molar refractivity (Wildman–Crippen MR) is 68.1 cm³/mol. The molecule has 0 aromatic carbocycles. The Balaban J connectivity index is 2.06. The fourth-order valence-corrected chi connectivity index (χ4v) is 1.64. The molecule has 0 spiro atoms. The van der Waals surface area contributed by atoms with E-state index in [9.17, 15) is 0 Å². The van der Waals surface area contributed by atoms with Crippen LogP contribution in [0.2, 0.25) is 0 Å². The van der Waals surface area contributed by atoms with Gasteiger partial charge in [0.2, 0.25) is 11.7 Å². The van der Waals surface area contributed by atoms with Crippen LogP contribution in [0, 0.1) is 6.92 Å². The second-order valence-electron chi connectivity index (χ2n) is 4.19. The number of nitrogens with two attached hydrogens (primary N) is 1. The SMILES string of the molecule is COCCCC(N)c1nc(-c2ccnc(C)n2)no1. The van der Waals surface area contributed by atoms with Crippen LogP contribution in [0.15, 0.2) is 16.8 Å². The Kier molecular flexibility index (Phi) is 4.53. The van der Waals surface area contributed by atoms with Crippen molar-refractivity contribution in [2.75, 3.05) is 13.7 Å². The molecule has 7 nitrogen and oxygen atoms in total. The zero-order chi connectivity index (χ0) is 13.7. The average molecular weight is 263 g/mol. The Morgan fingerprint density at radius 1 is 1.42 bits per heavy atom. The molecule has 0 bridgehead atoms. The molecule has 2 aromatic heterocycles. The van der Waals surface area contributed by atoms with Crippen molar-refractivity contribution in [1.29, 1.82) is 0 Å². The van der Waals surface area contributed by atoms with Crippen LogP contribution in [-0.2, 0) is 4.74 Å². The molecule has 0 aliphatic carbocycles. The third kappa shape index (κ3) is 3.55. The van der Waals surface area contributed by atoms with E-state index in [-0.39, 0.29) is 6.04 Å². The second kappa shape index (κ2) is 6.35. The molecular weight excluding hydrogens is 246 g/mol. The van der Waals surface area contributed by atoms with Gasteiger partial charge in [-0.05, 0) is 25.8 Å². The predicted octanol–water partition coefficient (Wildman–Crippen LogP) is 1.26. The number of rotatable bonds is 6. The molecule has 0 radical (unpaired) electrons. The van der Waals surface area contributed by atoms with Gasteiger partial charge in [-0.1, -0.05) is 5.16 Å². The second-order valence-corrected chi connectivity index (χ2v) is 4.19. The maximum absolute atomic E-state index is 5.97. The van der Waals surface area contributed by atoms with E-state index in [4.69, 9.17) is 15.0 Å². The molecule has 0 saturated heterocycles. The molecule has 2 rings (SSSR count). The zero-order valence-corrected chi connectivity index (χ0v) is 11.0. The number of aromatic nitrogens is 4. The molecular formula is C12H17N5O2. The van der Waals surface area contributed by atoms with E-state index < -0.39 is 0 Å². The third-order valence-corrected chi connectivity index (χ3v) is 2.63. The standard InChI is InChI=1S/C12H17N5O2/c1-8-14-6-5-10(15-8)11-16-12(19-17-11)9(13)4-3-7-18-2/h5-6,9H,3-4,7,13H2,1-2H3. The Bertz CT molecular complexity index is 528. The Hall–Kier alpha value is -1.86. The molecule has 2 N–H and O–H groups in total. The molecule has 19 heavy (non-hydrogen) atoms. The summed E-state index contributed by atoms with van der Waals surface area (Å²) < 4.78 is 10.1. The summed E-state index contributed by atoms with van der Waals surface area (Å²) in [5, 5.41) is 3.89. The van der Waals surface area contributed by atoms with Crippen LogP contribution in [-0.4, -0.2) is 33.8 Å². The highest BCUT2D eigenvalue weighted by atomic mass is 16.5. The topological polar surface area (TPSA) is 100.0 Å². The maximum atomic E-state index is 5.97. The lowest BCUT2D eigenvalue weighted by Crippen LogP contribution is -2.11. The Morgan fingerprint density at radius 3 is 3.00 bits per heavy atom. The van der Waals surface area contributed by atoms with Crippen LogP contribution < -0.4 is 5.73 Å². The van der Waals surface area contributed by atoms with Crippen LogP contribution in [0.1, 0.15) is 30.6 Å². The molecule has 2 aromatic rings. The van der Waals surface area contributed by atoms with Gasteiger partial charge in [0.15, 0.2) is 0 Å². The minimum absolute atomic E-state index is 0.278. The van der Waals surface area contributed by atoms with Crippen molar-refractivity contribution in [3.8, 4) is 11.5 Å². The highest BCUT2D eigenvalue weighted by molar-refractivity contribution is 5.46. The molecule has 7 heteroatoms. The minimum Gasteiger partial charge on any atom is -0.385 e. The summed E-state index contributed by atoms with van der Waals surface area (Å²) in [6.07, 6.45) is 3.24. The van der Waals surface area contributed by atoms with Crippen molar-refractivity contribution in [3.05, 3.63) is 24.0 Å². The van der Waals surface area contributed by atoms with Gasteiger partial charge < -0.3 is 15.0 Å². The van der Waals surface area contributed by atoms with E-state index in [2.05, 4.69) is 20.1 Å². The highest BCUT2D eigenvalue weighted by Crippen LogP contribution is 2.18. The Labute approximate surface area is 111 Å². The lowest BCUT2D eigenvalue weighted by molar-refractivity contribution is 0.188. The number of ether oxygens (including phenoxy) is 1. The fraction of sp³-hybridized carbons (Fsp3) is 0.500. The molecule has 0 saturated carbocycles. The number of aryl methyl sites for hydroxylation is 1. The minimum atomic E-state index is -0.278. The molecule has 2 heterocycles. The number of hydrogen-bond acceptors (Lipinski definition) is 7. The van der Waals surface area contributed by atoms with Gasteiger partial charge in [-0.25, -0.2) is 9.97 Å². The van der Waals surface area contributed by atoms with Gasteiger partial charge in [-0.2, -0.15) is 4.98 Å². The first-order valence-electron chi connectivity index (χ1n) is 6.09. The van der Waals surface area contributed by atoms with Crippen LogP contribution in [0.4, 0.5) is 0 Å². The monoisotopic (exact) mass is 263 g/mol. The average Bonchev–Trinajstić information content (AvgIpc) is 2.88. The fourth-order valence-electron chi connectivity index (χ4n) is 1.64. The van der Waals surface area contributed by atoms with Crippen LogP contribution >= 0.6 is 0 Å². The van der Waals surface area contributed by atoms with Crippen LogP contribution in [0.25, 0.3) is 11.5 Å². The molecule has 0 amide bonds. The molecule has 0 aliphatic rings. The molecule has 102 valence electrons. The largest absolute Gasteiger partial charge is 0.385 e. The summed E-state index contributed by atoms with van der Waals surface area (Å²) in [6, 6.07) is 1.46.